The Labute approximate surface area is 209 Å². The number of urea groups is 1. The molecule has 5 rings (SSSR count). The van der Waals surface area contributed by atoms with Crippen LogP contribution in [0.1, 0.15) is 39.9 Å². The van der Waals surface area contributed by atoms with Crippen LogP contribution in [0.5, 0.6) is 0 Å². The molecule has 3 aliphatic rings. The van der Waals surface area contributed by atoms with Gasteiger partial charge in [0.15, 0.2) is 0 Å². The lowest BCUT2D eigenvalue weighted by atomic mass is 10.0. The molecule has 3 aliphatic heterocycles. The molecule has 1 fully saturated rings. The fourth-order valence-electron chi connectivity index (χ4n) is 5.24. The molecule has 9 nitrogen and oxygen atoms in total. The van der Waals surface area contributed by atoms with E-state index in [1.54, 1.807) is 6.07 Å². The van der Waals surface area contributed by atoms with Crippen molar-refractivity contribution in [1.29, 1.82) is 0 Å². The summed E-state index contributed by atoms with van der Waals surface area (Å²) in [6.45, 7) is 0.164. The summed E-state index contributed by atoms with van der Waals surface area (Å²) in [4.78, 5) is 52.5. The summed E-state index contributed by atoms with van der Waals surface area (Å²) in [5, 5.41) is 4.96. The lowest BCUT2D eigenvalue weighted by molar-refractivity contribution is -0.138. The Hall–Kier alpha value is -3.93. The second-order valence-corrected chi connectivity index (χ2v) is 9.19. The van der Waals surface area contributed by atoms with Crippen molar-refractivity contribution in [2.45, 2.75) is 44.1 Å². The van der Waals surface area contributed by atoms with Gasteiger partial charge in [0.25, 0.3) is 5.91 Å². The molecule has 0 radical (unpaired) electrons. The van der Waals surface area contributed by atoms with E-state index < -0.39 is 35.8 Å². The van der Waals surface area contributed by atoms with E-state index in [4.69, 9.17) is 4.74 Å². The van der Waals surface area contributed by atoms with E-state index in [1.165, 1.54) is 41.2 Å². The number of anilines is 2. The van der Waals surface area contributed by atoms with E-state index in [9.17, 15) is 32.3 Å². The molecule has 1 unspecified atom stereocenters. The van der Waals surface area contributed by atoms with Crippen LogP contribution in [0.15, 0.2) is 36.4 Å². The van der Waals surface area contributed by atoms with E-state index in [0.29, 0.717) is 16.8 Å². The number of rotatable bonds is 4. The molecule has 0 aromatic heterocycles. The standard InChI is InChI=1S/C25H23F3N4O5/c1-37-12-15-10-17-18(25(26,27)28)3-2-4-19(17)32(15)24(36)29-14-5-6-16-13(9-14)11-31(23(16)35)20-7-8-21(33)30-22(20)34/h2-6,9,15,20H,7-8,10-12H2,1H3,(H,29,36)(H,30,33,34)/t15-,20?/m0/s1. The first-order valence-corrected chi connectivity index (χ1v) is 11.6. The first kappa shape index (κ1) is 24.8. The van der Waals surface area contributed by atoms with Gasteiger partial charge < -0.3 is 15.0 Å². The number of imide groups is 1. The van der Waals surface area contributed by atoms with Crippen LogP contribution in [0.2, 0.25) is 0 Å². The van der Waals surface area contributed by atoms with E-state index in [2.05, 4.69) is 10.6 Å². The van der Waals surface area contributed by atoms with Gasteiger partial charge in [-0.1, -0.05) is 6.07 Å². The van der Waals surface area contributed by atoms with Gasteiger partial charge in [0, 0.05) is 37.0 Å². The maximum atomic E-state index is 13.6. The highest BCUT2D eigenvalue weighted by Gasteiger charge is 2.42. The average molecular weight is 516 g/mol. The zero-order valence-electron chi connectivity index (χ0n) is 19.7. The zero-order chi connectivity index (χ0) is 26.5. The number of amides is 5. The molecule has 12 heteroatoms. The number of hydrogen-bond acceptors (Lipinski definition) is 5. The Bertz CT molecular complexity index is 1310. The Morgan fingerprint density at radius 1 is 1.19 bits per heavy atom. The predicted octanol–water partition coefficient (Wildman–Crippen LogP) is 3.08. The summed E-state index contributed by atoms with van der Waals surface area (Å²) in [5.41, 5.74) is 0.717. The zero-order valence-corrected chi connectivity index (χ0v) is 19.7. The Balaban J connectivity index is 1.37. The molecule has 0 bridgehead atoms. The minimum Gasteiger partial charge on any atom is -0.383 e. The lowest BCUT2D eigenvalue weighted by Crippen LogP contribution is -2.52. The fourth-order valence-corrected chi connectivity index (χ4v) is 5.24. The summed E-state index contributed by atoms with van der Waals surface area (Å²) >= 11 is 0. The van der Waals surface area contributed by atoms with E-state index in [1.807, 2.05) is 0 Å². The maximum Gasteiger partial charge on any atom is 0.416 e. The van der Waals surface area contributed by atoms with E-state index in [-0.39, 0.29) is 55.5 Å². The topological polar surface area (TPSA) is 108 Å². The number of methoxy groups -OCH3 is 1. The van der Waals surface area contributed by atoms with Crippen molar-refractivity contribution in [2.75, 3.05) is 23.9 Å². The Kier molecular flexibility index (Phi) is 6.14. The summed E-state index contributed by atoms with van der Waals surface area (Å²) in [5.74, 6) is -1.26. The van der Waals surface area contributed by atoms with Gasteiger partial charge in [-0.25, -0.2) is 4.79 Å². The van der Waals surface area contributed by atoms with Gasteiger partial charge in [-0.15, -0.1) is 0 Å². The Morgan fingerprint density at radius 2 is 1.97 bits per heavy atom. The van der Waals surface area contributed by atoms with Gasteiger partial charge in [0.05, 0.1) is 18.2 Å². The minimum absolute atomic E-state index is 0.00805. The second-order valence-electron chi connectivity index (χ2n) is 9.19. The summed E-state index contributed by atoms with van der Waals surface area (Å²) in [7, 11) is 1.41. The molecule has 5 amide bonds. The van der Waals surface area contributed by atoms with Crippen LogP contribution >= 0.6 is 0 Å². The van der Waals surface area contributed by atoms with Gasteiger partial charge in [0.1, 0.15) is 6.04 Å². The monoisotopic (exact) mass is 516 g/mol. The molecule has 0 spiro atoms. The number of halogens is 3. The van der Waals surface area contributed by atoms with Crippen LogP contribution in [-0.2, 0) is 33.5 Å². The quantitative estimate of drug-likeness (QED) is 0.608. The number of benzene rings is 2. The molecular formula is C25H23F3N4O5. The molecule has 2 aromatic carbocycles. The van der Waals surface area contributed by atoms with Crippen molar-refractivity contribution in [3.63, 3.8) is 0 Å². The highest BCUT2D eigenvalue weighted by molar-refractivity contribution is 6.07. The third-order valence-corrected chi connectivity index (χ3v) is 6.87. The number of carbonyl (C=O) groups excluding carboxylic acids is 4. The average Bonchev–Trinajstić information content (AvgIpc) is 3.35. The summed E-state index contributed by atoms with van der Waals surface area (Å²) < 4.78 is 45.9. The largest absolute Gasteiger partial charge is 0.416 e. The minimum atomic E-state index is -4.56. The first-order valence-electron chi connectivity index (χ1n) is 11.6. The molecular weight excluding hydrogens is 493 g/mol. The normalized spacial score (nSPS) is 21.1. The molecule has 2 atom stereocenters. The number of fused-ring (bicyclic) bond motifs is 2. The number of nitrogens with one attached hydrogen (secondary N) is 2. The fraction of sp³-hybridized carbons (Fsp3) is 0.360. The summed E-state index contributed by atoms with van der Waals surface area (Å²) in [6.07, 6.45) is -4.21. The maximum absolute atomic E-state index is 13.6. The van der Waals surface area contributed by atoms with Gasteiger partial charge in [-0.2, -0.15) is 13.2 Å². The molecule has 0 saturated carbocycles. The third kappa shape index (κ3) is 4.41. The molecule has 1 saturated heterocycles. The smallest absolute Gasteiger partial charge is 0.383 e. The van der Waals surface area contributed by atoms with E-state index in [0.717, 1.165) is 6.07 Å². The van der Waals surface area contributed by atoms with Crippen molar-refractivity contribution >= 4 is 35.1 Å². The van der Waals surface area contributed by atoms with Crippen molar-refractivity contribution in [3.8, 4) is 0 Å². The Morgan fingerprint density at radius 3 is 2.68 bits per heavy atom. The van der Waals surface area contributed by atoms with Gasteiger partial charge >= 0.3 is 12.2 Å². The van der Waals surface area contributed by atoms with Crippen LogP contribution in [0, 0.1) is 0 Å². The van der Waals surface area contributed by atoms with Crippen LogP contribution in [0.4, 0.5) is 29.3 Å². The van der Waals surface area contributed by atoms with Gasteiger partial charge in [-0.05, 0) is 54.3 Å². The summed E-state index contributed by atoms with van der Waals surface area (Å²) in [6, 6.07) is 6.35. The molecule has 3 heterocycles. The number of carbonyl (C=O) groups is 4. The third-order valence-electron chi connectivity index (χ3n) is 6.87. The lowest BCUT2D eigenvalue weighted by Gasteiger charge is -2.29. The molecule has 2 aromatic rings. The molecule has 37 heavy (non-hydrogen) atoms. The van der Waals surface area contributed by atoms with Crippen molar-refractivity contribution < 1.29 is 37.1 Å². The van der Waals surface area contributed by atoms with Crippen molar-refractivity contribution in [3.05, 3.63) is 58.7 Å². The van der Waals surface area contributed by atoms with E-state index >= 15 is 0 Å². The van der Waals surface area contributed by atoms with Crippen LogP contribution in [-0.4, -0.2) is 54.5 Å². The number of alkyl halides is 3. The van der Waals surface area contributed by atoms with Crippen LogP contribution in [0.3, 0.4) is 0 Å². The van der Waals surface area contributed by atoms with Crippen molar-refractivity contribution in [1.82, 2.24) is 10.2 Å². The molecule has 194 valence electrons. The van der Waals surface area contributed by atoms with Gasteiger partial charge in [-0.3, -0.25) is 24.6 Å². The van der Waals surface area contributed by atoms with Gasteiger partial charge in [0.2, 0.25) is 11.8 Å². The number of ether oxygens (including phenoxy) is 1. The molecule has 0 aliphatic carbocycles. The van der Waals surface area contributed by atoms with Crippen LogP contribution < -0.4 is 15.5 Å². The highest BCUT2D eigenvalue weighted by Crippen LogP contribution is 2.42. The molecule has 2 N–H and O–H groups in total. The predicted molar refractivity (Wildman–Crippen MR) is 125 cm³/mol. The van der Waals surface area contributed by atoms with Crippen molar-refractivity contribution in [2.24, 2.45) is 0 Å². The number of piperidine rings is 1. The first-order chi connectivity index (χ1) is 17.6. The van der Waals surface area contributed by atoms with Crippen LogP contribution in [0.25, 0.3) is 0 Å². The number of hydrogen-bond donors (Lipinski definition) is 2. The second kappa shape index (κ2) is 9.18. The highest BCUT2D eigenvalue weighted by atomic mass is 19.4. The SMILES string of the molecule is COC[C@@H]1Cc2c(cccc2C(F)(F)F)N1C(=O)Nc1ccc2c(c1)CN(C1CCC(=O)NC1=O)C2=O. The number of nitrogens with zero attached hydrogens (tertiary/aromatic N) is 2.